The minimum absolute atomic E-state index is 0.143. The normalized spacial score (nSPS) is 13.2. The SMILES string of the molecule is CCn1c(C)cc(C(=O)COC(=O)c2cc3c(s2)CCC3)c1C. The molecule has 0 bridgehead atoms. The topological polar surface area (TPSA) is 48.3 Å². The van der Waals surface area contributed by atoms with Crippen molar-refractivity contribution in [2.45, 2.75) is 46.6 Å². The van der Waals surface area contributed by atoms with Gasteiger partial charge in [-0.2, -0.15) is 0 Å². The first-order chi connectivity index (χ1) is 11.0. The Kier molecular flexibility index (Phi) is 4.39. The van der Waals surface area contributed by atoms with Gasteiger partial charge in [-0.05, 0) is 57.7 Å². The first-order valence-electron chi connectivity index (χ1n) is 8.00. The monoisotopic (exact) mass is 331 g/mol. The molecule has 0 aromatic carbocycles. The zero-order valence-corrected chi connectivity index (χ0v) is 14.6. The number of aromatic nitrogens is 1. The van der Waals surface area contributed by atoms with Gasteiger partial charge in [-0.1, -0.05) is 0 Å². The van der Waals surface area contributed by atoms with Crippen molar-refractivity contribution in [1.29, 1.82) is 0 Å². The van der Waals surface area contributed by atoms with Crippen molar-refractivity contribution in [3.05, 3.63) is 44.4 Å². The Hall–Kier alpha value is -1.88. The largest absolute Gasteiger partial charge is 0.453 e. The predicted molar refractivity (Wildman–Crippen MR) is 90.5 cm³/mol. The van der Waals surface area contributed by atoms with E-state index in [-0.39, 0.29) is 18.4 Å². The molecule has 1 aliphatic carbocycles. The Morgan fingerprint density at radius 2 is 2.04 bits per heavy atom. The molecule has 0 aliphatic heterocycles. The third-order valence-corrected chi connectivity index (χ3v) is 5.69. The zero-order valence-electron chi connectivity index (χ0n) is 13.8. The lowest BCUT2D eigenvalue weighted by atomic mass is 10.1. The number of hydrogen-bond acceptors (Lipinski definition) is 4. The van der Waals surface area contributed by atoms with Gasteiger partial charge in [0.2, 0.25) is 5.78 Å². The average Bonchev–Trinajstić information content (AvgIpc) is 3.18. The van der Waals surface area contributed by atoms with E-state index in [1.54, 1.807) is 0 Å². The van der Waals surface area contributed by atoms with E-state index in [1.165, 1.54) is 28.2 Å². The summed E-state index contributed by atoms with van der Waals surface area (Å²) in [5.74, 6) is -0.530. The van der Waals surface area contributed by atoms with Gasteiger partial charge in [0.15, 0.2) is 6.61 Å². The molecule has 0 fully saturated rings. The van der Waals surface area contributed by atoms with Crippen molar-refractivity contribution < 1.29 is 14.3 Å². The standard InChI is InChI=1S/C18H21NO3S/c1-4-19-11(2)8-14(12(19)3)15(20)10-22-18(21)17-9-13-6-5-7-16(13)23-17/h8-9H,4-7,10H2,1-3H3. The van der Waals surface area contributed by atoms with Crippen LogP contribution in [-0.4, -0.2) is 22.9 Å². The molecule has 0 radical (unpaired) electrons. The zero-order chi connectivity index (χ0) is 16.6. The molecule has 2 aromatic heterocycles. The van der Waals surface area contributed by atoms with Crippen molar-refractivity contribution in [3.8, 4) is 0 Å². The highest BCUT2D eigenvalue weighted by Gasteiger charge is 2.21. The first kappa shape index (κ1) is 16.0. The number of carbonyl (C=O) groups is 2. The van der Waals surface area contributed by atoms with E-state index in [2.05, 4.69) is 4.57 Å². The highest BCUT2D eigenvalue weighted by Crippen LogP contribution is 2.31. The second-order valence-electron chi connectivity index (χ2n) is 5.94. The minimum atomic E-state index is -0.387. The van der Waals surface area contributed by atoms with Crippen molar-refractivity contribution >= 4 is 23.1 Å². The number of fused-ring (bicyclic) bond motifs is 1. The quantitative estimate of drug-likeness (QED) is 0.620. The maximum Gasteiger partial charge on any atom is 0.348 e. The Labute approximate surface area is 140 Å². The summed E-state index contributed by atoms with van der Waals surface area (Å²) in [7, 11) is 0. The van der Waals surface area contributed by atoms with Gasteiger partial charge in [0.1, 0.15) is 4.88 Å². The van der Waals surface area contributed by atoms with E-state index >= 15 is 0 Å². The van der Waals surface area contributed by atoms with E-state index < -0.39 is 0 Å². The van der Waals surface area contributed by atoms with Crippen LogP contribution in [0, 0.1) is 13.8 Å². The third kappa shape index (κ3) is 2.98. The van der Waals surface area contributed by atoms with E-state index in [0.717, 1.165) is 30.8 Å². The molecule has 3 rings (SSSR count). The number of aryl methyl sites for hydroxylation is 3. The Bertz CT molecular complexity index is 748. The number of rotatable bonds is 5. The van der Waals surface area contributed by atoms with Gasteiger partial charge in [-0.25, -0.2) is 4.79 Å². The molecule has 2 heterocycles. The number of nitrogens with zero attached hydrogens (tertiary/aromatic N) is 1. The fourth-order valence-corrected chi connectivity index (χ4v) is 4.43. The van der Waals surface area contributed by atoms with Crippen LogP contribution in [0.2, 0.25) is 0 Å². The molecule has 122 valence electrons. The summed E-state index contributed by atoms with van der Waals surface area (Å²) in [6, 6.07) is 3.79. The van der Waals surface area contributed by atoms with Crippen molar-refractivity contribution in [1.82, 2.24) is 4.57 Å². The number of Topliss-reactive ketones (excluding diaryl/α,β-unsaturated/α-hetero) is 1. The van der Waals surface area contributed by atoms with Crippen LogP contribution in [0.4, 0.5) is 0 Å². The molecular weight excluding hydrogens is 310 g/mol. The molecule has 0 saturated heterocycles. The molecule has 4 nitrogen and oxygen atoms in total. The van der Waals surface area contributed by atoms with E-state index in [9.17, 15) is 9.59 Å². The summed E-state index contributed by atoms with van der Waals surface area (Å²) in [4.78, 5) is 26.4. The number of carbonyl (C=O) groups excluding carboxylic acids is 2. The van der Waals surface area contributed by atoms with Gasteiger partial charge < -0.3 is 9.30 Å². The maximum absolute atomic E-state index is 12.3. The molecular formula is C18H21NO3S. The first-order valence-corrected chi connectivity index (χ1v) is 8.81. The maximum atomic E-state index is 12.3. The van der Waals surface area contributed by atoms with Crippen LogP contribution in [0.25, 0.3) is 0 Å². The van der Waals surface area contributed by atoms with E-state index in [4.69, 9.17) is 4.74 Å². The average molecular weight is 331 g/mol. The molecule has 0 N–H and O–H groups in total. The van der Waals surface area contributed by atoms with E-state index in [1.807, 2.05) is 32.9 Å². The molecule has 0 amide bonds. The number of ketones is 1. The molecule has 1 aliphatic rings. The van der Waals surface area contributed by atoms with Gasteiger partial charge in [0.25, 0.3) is 0 Å². The summed E-state index contributed by atoms with van der Waals surface area (Å²) in [6.45, 7) is 6.58. The molecule has 0 unspecified atom stereocenters. The minimum Gasteiger partial charge on any atom is -0.453 e. The highest BCUT2D eigenvalue weighted by molar-refractivity contribution is 7.14. The van der Waals surface area contributed by atoms with Crippen LogP contribution in [0.3, 0.4) is 0 Å². The lowest BCUT2D eigenvalue weighted by Gasteiger charge is -2.06. The lowest BCUT2D eigenvalue weighted by molar-refractivity contribution is 0.0479. The Morgan fingerprint density at radius 3 is 2.70 bits per heavy atom. The van der Waals surface area contributed by atoms with Gasteiger partial charge in [-0.15, -0.1) is 11.3 Å². The number of ether oxygens (including phenoxy) is 1. The van der Waals surface area contributed by atoms with Crippen molar-refractivity contribution in [2.75, 3.05) is 6.61 Å². The molecule has 0 saturated carbocycles. The lowest BCUT2D eigenvalue weighted by Crippen LogP contribution is -2.14. The summed E-state index contributed by atoms with van der Waals surface area (Å²) < 4.78 is 7.31. The Balaban J connectivity index is 1.65. The van der Waals surface area contributed by atoms with Crippen LogP contribution in [-0.2, 0) is 24.1 Å². The molecule has 0 spiro atoms. The molecule has 5 heteroatoms. The molecule has 2 aromatic rings. The number of thiophene rings is 1. The van der Waals surface area contributed by atoms with Gasteiger partial charge in [0, 0.05) is 28.4 Å². The molecule has 23 heavy (non-hydrogen) atoms. The third-order valence-electron chi connectivity index (χ3n) is 4.47. The summed E-state index contributed by atoms with van der Waals surface area (Å²) in [5.41, 5.74) is 3.89. The predicted octanol–water partition coefficient (Wildman–Crippen LogP) is 3.71. The van der Waals surface area contributed by atoms with Crippen LogP contribution in [0.5, 0.6) is 0 Å². The van der Waals surface area contributed by atoms with Crippen LogP contribution in [0.15, 0.2) is 12.1 Å². The Morgan fingerprint density at radius 1 is 1.26 bits per heavy atom. The smallest absolute Gasteiger partial charge is 0.348 e. The summed E-state index contributed by atoms with van der Waals surface area (Å²) >= 11 is 1.50. The second kappa shape index (κ2) is 6.32. The van der Waals surface area contributed by atoms with Gasteiger partial charge >= 0.3 is 5.97 Å². The highest BCUT2D eigenvalue weighted by atomic mass is 32.1. The number of hydrogen-bond donors (Lipinski definition) is 0. The van der Waals surface area contributed by atoms with Crippen LogP contribution >= 0.6 is 11.3 Å². The van der Waals surface area contributed by atoms with Crippen molar-refractivity contribution in [2.24, 2.45) is 0 Å². The fourth-order valence-electron chi connectivity index (χ4n) is 3.28. The number of esters is 1. The summed E-state index contributed by atoms with van der Waals surface area (Å²) in [6.07, 6.45) is 3.26. The van der Waals surface area contributed by atoms with Crippen LogP contribution < -0.4 is 0 Å². The van der Waals surface area contributed by atoms with Gasteiger partial charge in [-0.3, -0.25) is 4.79 Å². The van der Waals surface area contributed by atoms with Crippen LogP contribution in [0.1, 0.15) is 55.2 Å². The fraction of sp³-hybridized carbons (Fsp3) is 0.444. The van der Waals surface area contributed by atoms with Crippen molar-refractivity contribution in [3.63, 3.8) is 0 Å². The summed E-state index contributed by atoms with van der Waals surface area (Å²) in [5, 5.41) is 0. The molecule has 0 atom stereocenters. The second-order valence-corrected chi connectivity index (χ2v) is 7.08. The van der Waals surface area contributed by atoms with Gasteiger partial charge in [0.05, 0.1) is 0 Å². The van der Waals surface area contributed by atoms with E-state index in [0.29, 0.717) is 10.4 Å².